The topological polar surface area (TPSA) is 88.3 Å². The number of ether oxygens (including phenoxy) is 1. The fourth-order valence-electron chi connectivity index (χ4n) is 2.06. The molecule has 1 heterocycles. The first-order chi connectivity index (χ1) is 9.71. The number of aromatic hydroxyl groups is 1. The minimum Gasteiger partial charge on any atom is -0.508 e. The van der Waals surface area contributed by atoms with Crippen LogP contribution in [0, 0.1) is 0 Å². The van der Waals surface area contributed by atoms with E-state index in [1.165, 1.54) is 19.1 Å². The van der Waals surface area contributed by atoms with Gasteiger partial charge in [-0.1, -0.05) is 0 Å². The van der Waals surface area contributed by atoms with E-state index in [-0.39, 0.29) is 17.7 Å². The summed E-state index contributed by atoms with van der Waals surface area (Å²) in [7, 11) is 0. The molecule has 0 bridgehead atoms. The van der Waals surface area contributed by atoms with Gasteiger partial charge in [-0.15, -0.1) is 0 Å². The van der Waals surface area contributed by atoms with Crippen LogP contribution < -0.4 is 5.73 Å². The maximum absolute atomic E-state index is 13.4. The Morgan fingerprint density at radius 3 is 2.67 bits per heavy atom. The van der Waals surface area contributed by atoms with Crippen molar-refractivity contribution in [1.29, 1.82) is 0 Å². The van der Waals surface area contributed by atoms with Gasteiger partial charge in [0.25, 0.3) is 0 Å². The first-order valence-electron chi connectivity index (χ1n) is 6.05. The molecule has 114 valence electrons. The molecule has 0 radical (unpaired) electrons. The van der Waals surface area contributed by atoms with E-state index in [0.29, 0.717) is 5.52 Å². The summed E-state index contributed by atoms with van der Waals surface area (Å²) in [6.45, 7) is 1.15. The Kier molecular flexibility index (Phi) is 3.58. The molecule has 4 N–H and O–H groups in total. The van der Waals surface area contributed by atoms with Crippen molar-refractivity contribution in [3.63, 3.8) is 0 Å². The number of hydrogen-bond donors (Lipinski definition) is 3. The molecule has 0 aliphatic carbocycles. The van der Waals surface area contributed by atoms with E-state index in [1.54, 1.807) is 0 Å². The molecule has 0 saturated heterocycles. The number of halogens is 3. The zero-order valence-electron chi connectivity index (χ0n) is 11.0. The van der Waals surface area contributed by atoms with Crippen molar-refractivity contribution in [2.24, 2.45) is 5.73 Å². The average Bonchev–Trinajstić information content (AvgIpc) is 2.79. The maximum Gasteiger partial charge on any atom is 0.421 e. The number of carbonyl (C=O) groups is 1. The third-order valence-electron chi connectivity index (χ3n) is 3.13. The van der Waals surface area contributed by atoms with Gasteiger partial charge in [-0.2, -0.15) is 13.2 Å². The van der Waals surface area contributed by atoms with Crippen molar-refractivity contribution in [3.8, 4) is 5.75 Å². The highest BCUT2D eigenvalue weighted by atomic mass is 19.4. The lowest BCUT2D eigenvalue weighted by Crippen LogP contribution is -2.57. The molecule has 2 aromatic rings. The lowest BCUT2D eigenvalue weighted by molar-refractivity contribution is -0.208. The molecule has 0 aliphatic heterocycles. The molecule has 0 saturated carbocycles. The number of esters is 1. The largest absolute Gasteiger partial charge is 0.508 e. The Bertz CT molecular complexity index is 681. The molecular formula is C13H13F3N2O3. The zero-order valence-corrected chi connectivity index (χ0v) is 11.0. The van der Waals surface area contributed by atoms with Crippen molar-refractivity contribution in [2.45, 2.75) is 18.6 Å². The van der Waals surface area contributed by atoms with Crippen LogP contribution in [0.4, 0.5) is 13.2 Å². The Morgan fingerprint density at radius 2 is 2.10 bits per heavy atom. The number of phenolic OH excluding ortho intramolecular Hbond substituents is 1. The second kappa shape index (κ2) is 4.96. The van der Waals surface area contributed by atoms with Gasteiger partial charge >= 0.3 is 12.1 Å². The minimum atomic E-state index is -5.06. The molecule has 0 aliphatic rings. The summed E-state index contributed by atoms with van der Waals surface area (Å²) < 4.78 is 44.6. The second-order valence-electron chi connectivity index (χ2n) is 4.46. The highest BCUT2D eigenvalue weighted by molar-refractivity contribution is 5.93. The number of alkyl halides is 3. The van der Waals surface area contributed by atoms with Crippen LogP contribution >= 0.6 is 0 Å². The van der Waals surface area contributed by atoms with Crippen LogP contribution in [-0.4, -0.2) is 28.8 Å². The minimum absolute atomic E-state index is 0.00266. The van der Waals surface area contributed by atoms with Crippen LogP contribution in [0.25, 0.3) is 10.9 Å². The van der Waals surface area contributed by atoms with Gasteiger partial charge in [0.15, 0.2) is 0 Å². The number of H-pyrrole nitrogens is 1. The number of phenols is 1. The molecule has 1 aromatic carbocycles. The van der Waals surface area contributed by atoms with Crippen molar-refractivity contribution in [3.05, 3.63) is 30.0 Å². The molecule has 0 spiro atoms. The van der Waals surface area contributed by atoms with Crippen LogP contribution in [0.5, 0.6) is 5.75 Å². The standard InChI is InChI=1S/C13H13F3N2O3/c1-2-21-11(20)12(17,13(14,15)16)9-6-18-10-4-3-7(19)5-8(9)10/h3-6,18-19H,2,17H2,1H3. The van der Waals surface area contributed by atoms with Gasteiger partial charge in [-0.3, -0.25) is 0 Å². The van der Waals surface area contributed by atoms with Gasteiger partial charge in [0.2, 0.25) is 5.54 Å². The summed E-state index contributed by atoms with van der Waals surface area (Å²) in [5.41, 5.74) is 1.89. The van der Waals surface area contributed by atoms with E-state index in [9.17, 15) is 23.1 Å². The summed E-state index contributed by atoms with van der Waals surface area (Å²) in [5, 5.41) is 9.43. The van der Waals surface area contributed by atoms with Gasteiger partial charge in [-0.25, -0.2) is 4.79 Å². The van der Waals surface area contributed by atoms with Gasteiger partial charge < -0.3 is 20.6 Å². The number of fused-ring (bicyclic) bond motifs is 1. The zero-order chi connectivity index (χ0) is 15.8. The molecule has 1 atom stereocenters. The van der Waals surface area contributed by atoms with Crippen LogP contribution in [0.15, 0.2) is 24.4 Å². The summed E-state index contributed by atoms with van der Waals surface area (Å²) in [4.78, 5) is 14.4. The first kappa shape index (κ1) is 15.2. The Morgan fingerprint density at radius 1 is 1.43 bits per heavy atom. The number of carbonyl (C=O) groups excluding carboxylic acids is 1. The summed E-state index contributed by atoms with van der Waals surface area (Å²) in [6, 6.07) is 3.79. The fraction of sp³-hybridized carbons (Fsp3) is 0.308. The molecule has 0 amide bonds. The Balaban J connectivity index is 2.70. The molecule has 5 nitrogen and oxygen atoms in total. The van der Waals surface area contributed by atoms with E-state index in [4.69, 9.17) is 5.73 Å². The van der Waals surface area contributed by atoms with Crippen molar-refractivity contribution < 1.29 is 27.8 Å². The summed E-state index contributed by atoms with van der Waals surface area (Å²) in [6.07, 6.45) is -4.06. The van der Waals surface area contributed by atoms with Crippen molar-refractivity contribution >= 4 is 16.9 Å². The van der Waals surface area contributed by atoms with E-state index >= 15 is 0 Å². The average molecular weight is 302 g/mol. The van der Waals surface area contributed by atoms with E-state index in [1.807, 2.05) is 0 Å². The maximum atomic E-state index is 13.4. The molecule has 21 heavy (non-hydrogen) atoms. The molecule has 1 unspecified atom stereocenters. The summed E-state index contributed by atoms with van der Waals surface area (Å²) in [5.74, 6) is -1.83. The van der Waals surface area contributed by atoms with E-state index in [0.717, 1.165) is 12.3 Å². The van der Waals surface area contributed by atoms with Crippen LogP contribution in [0.3, 0.4) is 0 Å². The smallest absolute Gasteiger partial charge is 0.421 e. The third-order valence-corrected chi connectivity index (χ3v) is 3.13. The molecule has 8 heteroatoms. The van der Waals surface area contributed by atoms with Crippen molar-refractivity contribution in [2.75, 3.05) is 6.61 Å². The number of hydrogen-bond acceptors (Lipinski definition) is 4. The lowest BCUT2D eigenvalue weighted by atomic mass is 9.90. The molecule has 1 aromatic heterocycles. The Labute approximate surface area is 117 Å². The normalized spacial score (nSPS) is 14.9. The monoisotopic (exact) mass is 302 g/mol. The third kappa shape index (κ3) is 2.31. The fourth-order valence-corrected chi connectivity index (χ4v) is 2.06. The number of rotatable bonds is 3. The number of aromatic amines is 1. The van der Waals surface area contributed by atoms with E-state index < -0.39 is 23.2 Å². The van der Waals surface area contributed by atoms with Crippen LogP contribution in [-0.2, 0) is 15.1 Å². The number of aromatic nitrogens is 1. The van der Waals surface area contributed by atoms with Gasteiger partial charge in [0, 0.05) is 22.7 Å². The molecule has 2 rings (SSSR count). The van der Waals surface area contributed by atoms with Crippen molar-refractivity contribution in [1.82, 2.24) is 4.98 Å². The number of nitrogens with two attached hydrogens (primary N) is 1. The first-order valence-corrected chi connectivity index (χ1v) is 6.05. The summed E-state index contributed by atoms with van der Waals surface area (Å²) >= 11 is 0. The SMILES string of the molecule is CCOC(=O)C(N)(c1c[nH]c2ccc(O)cc12)C(F)(F)F. The van der Waals surface area contributed by atoms with Gasteiger partial charge in [-0.05, 0) is 25.1 Å². The van der Waals surface area contributed by atoms with Crippen LogP contribution in [0.1, 0.15) is 12.5 Å². The Hall–Kier alpha value is -2.22. The number of nitrogens with one attached hydrogen (secondary N) is 1. The second-order valence-corrected chi connectivity index (χ2v) is 4.46. The quantitative estimate of drug-likeness (QED) is 0.758. The highest BCUT2D eigenvalue weighted by Gasteiger charge is 2.61. The van der Waals surface area contributed by atoms with Gasteiger partial charge in [0.05, 0.1) is 6.61 Å². The predicted octanol–water partition coefficient (Wildman–Crippen LogP) is 2.15. The number of benzene rings is 1. The highest BCUT2D eigenvalue weighted by Crippen LogP contribution is 2.41. The van der Waals surface area contributed by atoms with E-state index in [2.05, 4.69) is 9.72 Å². The van der Waals surface area contributed by atoms with Gasteiger partial charge in [0.1, 0.15) is 5.75 Å². The molecular weight excluding hydrogens is 289 g/mol. The van der Waals surface area contributed by atoms with Crippen LogP contribution in [0.2, 0.25) is 0 Å². The lowest BCUT2D eigenvalue weighted by Gasteiger charge is -2.29. The predicted molar refractivity (Wildman–Crippen MR) is 68.5 cm³/mol. The molecule has 0 fully saturated rings.